The summed E-state index contributed by atoms with van der Waals surface area (Å²) in [6.45, 7) is 13.4. The Hall–Kier alpha value is -3.43. The summed E-state index contributed by atoms with van der Waals surface area (Å²) in [6, 6.07) is 0. The predicted molar refractivity (Wildman–Crippen MR) is 154 cm³/mol. The number of carbonyl (C=O) groups is 3. The normalized spacial score (nSPS) is 32.7. The molecule has 6 atom stereocenters. The van der Waals surface area contributed by atoms with Crippen LogP contribution in [0, 0.1) is 17.8 Å². The number of Topliss-reactive ketones (excluding diaryl/α,β-unsaturated/α-hetero) is 1. The fourth-order valence-electron chi connectivity index (χ4n) is 5.28. The molecule has 1 heterocycles. The number of methoxy groups -OCH3 is 2. The number of fused-ring (bicyclic) bond motifs is 2. The molecule has 4 N–H and O–H groups in total. The number of hydrogen-bond donors (Lipinski definition) is 3. The zero-order valence-corrected chi connectivity index (χ0v) is 24.7. The molecule has 0 saturated heterocycles. The first-order chi connectivity index (χ1) is 18.8. The summed E-state index contributed by atoms with van der Waals surface area (Å²) < 4.78 is 16.5. The highest BCUT2D eigenvalue weighted by Gasteiger charge is 2.32. The van der Waals surface area contributed by atoms with E-state index in [4.69, 9.17) is 19.9 Å². The molecule has 0 saturated carbocycles. The molecule has 1 aliphatic carbocycles. The van der Waals surface area contributed by atoms with Gasteiger partial charge in [-0.2, -0.15) is 0 Å². The van der Waals surface area contributed by atoms with Crippen LogP contribution in [0.3, 0.4) is 0 Å². The van der Waals surface area contributed by atoms with E-state index in [1.807, 2.05) is 26.8 Å². The number of ketones is 1. The molecule has 0 aromatic carbocycles. The summed E-state index contributed by atoms with van der Waals surface area (Å²) in [6.07, 6.45) is 6.75. The minimum Gasteiger partial charge on any atom is -0.496 e. The maximum atomic E-state index is 13.5. The van der Waals surface area contributed by atoms with Crippen LogP contribution >= 0.6 is 0 Å². The maximum Gasteiger partial charge on any atom is 0.405 e. The molecule has 220 valence electrons. The minimum atomic E-state index is -0.957. The summed E-state index contributed by atoms with van der Waals surface area (Å²) in [4.78, 5) is 38.1. The number of aliphatic hydroxyl groups is 1. The van der Waals surface area contributed by atoms with Crippen molar-refractivity contribution in [3.63, 3.8) is 0 Å². The second-order valence-electron chi connectivity index (χ2n) is 10.6. The number of allylic oxidation sites excluding steroid dienone is 4. The SMILES string of the molecule is C=C1C=C2NC(=O)/C(C)=C/C=C\C(OC)C(OC(N)=O)/C(C)=C/[C@H](C)[C@@H](O)C(CC)C[C@H](C)CC(=C1OC)C2=O. The van der Waals surface area contributed by atoms with Crippen LogP contribution in [-0.4, -0.2) is 55.4 Å². The van der Waals surface area contributed by atoms with E-state index in [-0.39, 0.29) is 29.2 Å². The lowest BCUT2D eigenvalue weighted by atomic mass is 9.80. The largest absolute Gasteiger partial charge is 0.496 e. The average Bonchev–Trinajstić information content (AvgIpc) is 2.90. The third-order valence-electron chi connectivity index (χ3n) is 7.45. The van der Waals surface area contributed by atoms with Crippen LogP contribution in [0.15, 0.2) is 70.7 Å². The van der Waals surface area contributed by atoms with Crippen molar-refractivity contribution in [1.82, 2.24) is 5.32 Å². The summed E-state index contributed by atoms with van der Waals surface area (Å²) in [5, 5.41) is 14.0. The van der Waals surface area contributed by atoms with Gasteiger partial charge >= 0.3 is 6.09 Å². The predicted octanol–water partition coefficient (Wildman–Crippen LogP) is 4.41. The van der Waals surface area contributed by atoms with Crippen molar-refractivity contribution in [1.29, 1.82) is 0 Å². The molecular weight excluding hydrogens is 512 g/mol. The minimum absolute atomic E-state index is 0.0144. The van der Waals surface area contributed by atoms with Gasteiger partial charge in [-0.25, -0.2) is 4.79 Å². The fourth-order valence-corrected chi connectivity index (χ4v) is 5.28. The second-order valence-corrected chi connectivity index (χ2v) is 10.6. The molecule has 0 aromatic heterocycles. The standard InChI is InChI=1S/C31H44N2O7/c1-9-22-13-17(2)14-23-27(35)24(16-21(6)28(23)39-8)33-30(36)18(3)11-10-12-25(38-7)29(40-31(32)37)20(5)15-19(4)26(22)34/h10-12,15-17,19,22,25-26,29,34H,6,9,13-14H2,1-5,7-8H3,(H2,32,37)(H,33,36)/b12-10-,18-11+,20-15+/t17-,19-,22?,25?,26+,29?/m0/s1. The lowest BCUT2D eigenvalue weighted by molar-refractivity contribution is -0.119. The van der Waals surface area contributed by atoms with E-state index in [2.05, 4.69) is 11.9 Å². The molecule has 9 nitrogen and oxygen atoms in total. The lowest BCUT2D eigenvalue weighted by Crippen LogP contribution is -2.35. The van der Waals surface area contributed by atoms with Crippen molar-refractivity contribution in [3.8, 4) is 0 Å². The molecule has 2 amide bonds. The Kier molecular flexibility index (Phi) is 12.1. The van der Waals surface area contributed by atoms with E-state index in [0.717, 1.165) is 6.42 Å². The molecule has 1 aliphatic heterocycles. The molecule has 2 aliphatic rings. The third kappa shape index (κ3) is 8.29. The smallest absolute Gasteiger partial charge is 0.405 e. The molecule has 0 radical (unpaired) electrons. The second kappa shape index (κ2) is 14.8. The first-order valence-corrected chi connectivity index (χ1v) is 13.6. The molecule has 9 heteroatoms. The highest BCUT2D eigenvalue weighted by molar-refractivity contribution is 6.13. The highest BCUT2D eigenvalue weighted by Crippen LogP contribution is 2.33. The molecule has 0 fully saturated rings. The summed E-state index contributed by atoms with van der Waals surface area (Å²) in [5.74, 6) is -0.704. The van der Waals surface area contributed by atoms with E-state index < -0.39 is 30.3 Å². The van der Waals surface area contributed by atoms with Crippen LogP contribution in [0.2, 0.25) is 0 Å². The van der Waals surface area contributed by atoms with Gasteiger partial charge in [0.25, 0.3) is 5.91 Å². The van der Waals surface area contributed by atoms with E-state index in [0.29, 0.717) is 40.9 Å². The molecule has 0 spiro atoms. The van der Waals surface area contributed by atoms with Crippen molar-refractivity contribution < 1.29 is 33.7 Å². The Morgan fingerprint density at radius 3 is 2.48 bits per heavy atom. The van der Waals surface area contributed by atoms with Crippen molar-refractivity contribution >= 4 is 17.8 Å². The number of nitrogens with one attached hydrogen (secondary N) is 1. The van der Waals surface area contributed by atoms with E-state index in [1.165, 1.54) is 20.3 Å². The number of ether oxygens (including phenoxy) is 3. The monoisotopic (exact) mass is 556 g/mol. The Morgan fingerprint density at radius 2 is 1.90 bits per heavy atom. The average molecular weight is 557 g/mol. The molecule has 2 bridgehead atoms. The molecular formula is C31H44N2O7. The van der Waals surface area contributed by atoms with Gasteiger partial charge in [0.1, 0.15) is 11.9 Å². The van der Waals surface area contributed by atoms with Crippen LogP contribution < -0.4 is 11.1 Å². The van der Waals surface area contributed by atoms with Crippen LogP contribution in [0.1, 0.15) is 53.9 Å². The number of primary amides is 1. The Morgan fingerprint density at radius 1 is 1.23 bits per heavy atom. The summed E-state index contributed by atoms with van der Waals surface area (Å²) >= 11 is 0. The summed E-state index contributed by atoms with van der Waals surface area (Å²) in [5.41, 5.74) is 7.43. The number of rotatable bonds is 4. The van der Waals surface area contributed by atoms with Crippen LogP contribution in [0.25, 0.3) is 0 Å². The summed E-state index contributed by atoms with van der Waals surface area (Å²) in [7, 11) is 2.96. The topological polar surface area (TPSA) is 137 Å². The van der Waals surface area contributed by atoms with Crippen molar-refractivity contribution in [2.24, 2.45) is 23.5 Å². The molecule has 40 heavy (non-hydrogen) atoms. The zero-order chi connectivity index (χ0) is 30.1. The van der Waals surface area contributed by atoms with Gasteiger partial charge in [-0.1, -0.05) is 58.1 Å². The van der Waals surface area contributed by atoms with E-state index in [9.17, 15) is 19.5 Å². The van der Waals surface area contributed by atoms with Gasteiger partial charge in [0.15, 0.2) is 6.10 Å². The number of amides is 2. The lowest BCUT2D eigenvalue weighted by Gasteiger charge is -2.30. The molecule has 3 unspecified atom stereocenters. The van der Waals surface area contributed by atoms with Gasteiger partial charge < -0.3 is 30.4 Å². The highest BCUT2D eigenvalue weighted by atomic mass is 16.6. The van der Waals surface area contributed by atoms with Crippen molar-refractivity contribution in [2.75, 3.05) is 14.2 Å². The molecule has 0 aromatic rings. The van der Waals surface area contributed by atoms with Crippen molar-refractivity contribution in [3.05, 3.63) is 70.7 Å². The van der Waals surface area contributed by atoms with Crippen LogP contribution in [-0.2, 0) is 23.8 Å². The van der Waals surface area contributed by atoms with Gasteiger partial charge in [0, 0.05) is 29.7 Å². The first kappa shape index (κ1) is 32.8. The molecule has 2 rings (SSSR count). The van der Waals surface area contributed by atoms with Crippen molar-refractivity contribution in [2.45, 2.75) is 72.2 Å². The Labute approximate surface area is 237 Å². The fraction of sp³-hybridized carbons (Fsp3) is 0.516. The Bertz CT molecular complexity index is 1140. The first-order valence-electron chi connectivity index (χ1n) is 13.6. The van der Waals surface area contributed by atoms with Crippen LogP contribution in [0.4, 0.5) is 4.79 Å². The van der Waals surface area contributed by atoms with Gasteiger partial charge in [-0.05, 0) is 50.2 Å². The van der Waals surface area contributed by atoms with Gasteiger partial charge in [0.2, 0.25) is 5.78 Å². The van der Waals surface area contributed by atoms with E-state index in [1.54, 1.807) is 32.1 Å². The van der Waals surface area contributed by atoms with Crippen LogP contribution in [0.5, 0.6) is 0 Å². The number of nitrogens with two attached hydrogens (primary N) is 1. The third-order valence-corrected chi connectivity index (χ3v) is 7.45. The quantitative estimate of drug-likeness (QED) is 0.436. The van der Waals surface area contributed by atoms with Gasteiger partial charge in [-0.15, -0.1) is 0 Å². The Balaban J connectivity index is 2.60. The van der Waals surface area contributed by atoms with E-state index >= 15 is 0 Å². The zero-order valence-electron chi connectivity index (χ0n) is 24.7. The van der Waals surface area contributed by atoms with Gasteiger partial charge in [0.05, 0.1) is 18.9 Å². The number of carbonyl (C=O) groups excluding carboxylic acids is 3. The number of aliphatic hydroxyl groups excluding tert-OH is 1. The maximum absolute atomic E-state index is 13.5. The number of hydrogen-bond acceptors (Lipinski definition) is 7. The van der Waals surface area contributed by atoms with Gasteiger partial charge in [-0.3, -0.25) is 9.59 Å².